The van der Waals surface area contributed by atoms with Gasteiger partial charge in [0.1, 0.15) is 5.69 Å². The molecule has 0 amide bonds. The highest BCUT2D eigenvalue weighted by Crippen LogP contribution is 2.40. The maximum atomic E-state index is 12.9. The molecule has 2 aromatic heterocycles. The molecule has 2 heterocycles. The molecule has 28 heavy (non-hydrogen) atoms. The molecule has 4 rings (SSSR count). The van der Waals surface area contributed by atoms with Crippen LogP contribution in [0.5, 0.6) is 0 Å². The van der Waals surface area contributed by atoms with Gasteiger partial charge in [-0.1, -0.05) is 11.3 Å². The molecule has 0 bridgehead atoms. The van der Waals surface area contributed by atoms with Gasteiger partial charge in [0.05, 0.1) is 23.3 Å². The van der Waals surface area contributed by atoms with Gasteiger partial charge in [0.15, 0.2) is 10.0 Å². The highest BCUT2D eigenvalue weighted by atomic mass is 79.9. The molecule has 1 saturated carbocycles. The second-order valence-corrected chi connectivity index (χ2v) is 9.81. The SMILES string of the molecule is [C-]#[N+]C1(NS(=O)(=O)c2cc(Br)c3c(c2)c(-c2nnc(C(F)F)s2)nn3C)CC1. The third-order valence-corrected chi connectivity index (χ3v) is 7.31. The van der Waals surface area contributed by atoms with Crippen molar-refractivity contribution in [3.8, 4) is 10.7 Å². The fourth-order valence-electron chi connectivity index (χ4n) is 2.73. The summed E-state index contributed by atoms with van der Waals surface area (Å²) in [6.07, 6.45) is -1.84. The van der Waals surface area contributed by atoms with Crippen molar-refractivity contribution < 1.29 is 17.2 Å². The molecule has 0 radical (unpaired) electrons. The molecule has 0 aliphatic heterocycles. The molecule has 0 saturated heterocycles. The summed E-state index contributed by atoms with van der Waals surface area (Å²) in [6, 6.07) is 2.81. The summed E-state index contributed by atoms with van der Waals surface area (Å²) in [5.74, 6) is 0. The van der Waals surface area contributed by atoms with Crippen molar-refractivity contribution in [2.75, 3.05) is 0 Å². The Bertz CT molecular complexity index is 1240. The third kappa shape index (κ3) is 3.20. The molecule has 0 unspecified atom stereocenters. The third-order valence-electron chi connectivity index (χ3n) is 4.27. The van der Waals surface area contributed by atoms with Gasteiger partial charge in [-0.2, -0.15) is 5.10 Å². The second kappa shape index (κ2) is 6.51. The van der Waals surface area contributed by atoms with Crippen LogP contribution < -0.4 is 4.72 Å². The van der Waals surface area contributed by atoms with E-state index in [4.69, 9.17) is 6.57 Å². The van der Waals surface area contributed by atoms with Crippen LogP contribution in [0.4, 0.5) is 8.78 Å². The van der Waals surface area contributed by atoms with Crippen molar-refractivity contribution in [3.05, 3.63) is 33.0 Å². The number of benzene rings is 1. The summed E-state index contributed by atoms with van der Waals surface area (Å²) in [5.41, 5.74) is -0.247. The first kappa shape index (κ1) is 19.3. The minimum absolute atomic E-state index is 0.0605. The summed E-state index contributed by atoms with van der Waals surface area (Å²) in [6.45, 7) is 7.17. The number of fused-ring (bicyclic) bond motifs is 1. The Labute approximate surface area is 170 Å². The Morgan fingerprint density at radius 2 is 2.11 bits per heavy atom. The molecule has 3 aromatic rings. The van der Waals surface area contributed by atoms with Gasteiger partial charge in [-0.05, 0) is 28.1 Å². The number of hydrogen-bond donors (Lipinski definition) is 1. The fourth-order valence-corrected chi connectivity index (χ4v) is 5.71. The fraction of sp³-hybridized carbons (Fsp3) is 0.333. The van der Waals surface area contributed by atoms with Crippen LogP contribution in [0, 0.1) is 6.57 Å². The first-order valence-corrected chi connectivity index (χ1v) is 11.0. The molecule has 8 nitrogen and oxygen atoms in total. The zero-order valence-electron chi connectivity index (χ0n) is 14.1. The molecule has 1 fully saturated rings. The van der Waals surface area contributed by atoms with Gasteiger partial charge in [0.25, 0.3) is 12.1 Å². The Kier molecular flexibility index (Phi) is 4.49. The van der Waals surface area contributed by atoms with Gasteiger partial charge in [0, 0.05) is 16.9 Å². The van der Waals surface area contributed by atoms with E-state index >= 15 is 0 Å². The van der Waals surface area contributed by atoms with Gasteiger partial charge in [-0.15, -0.1) is 14.9 Å². The summed E-state index contributed by atoms with van der Waals surface area (Å²) in [7, 11) is -2.31. The van der Waals surface area contributed by atoms with E-state index in [1.54, 1.807) is 7.05 Å². The minimum atomic E-state index is -3.96. The molecular formula is C15H11BrF2N6O2S2. The van der Waals surface area contributed by atoms with Gasteiger partial charge < -0.3 is 0 Å². The number of alkyl halides is 2. The van der Waals surface area contributed by atoms with Crippen LogP contribution in [0.15, 0.2) is 21.5 Å². The topological polar surface area (TPSA) is 94.1 Å². The number of aromatic nitrogens is 4. The monoisotopic (exact) mass is 488 g/mol. The first-order chi connectivity index (χ1) is 13.2. The Morgan fingerprint density at radius 1 is 1.39 bits per heavy atom. The highest BCUT2D eigenvalue weighted by molar-refractivity contribution is 9.10. The lowest BCUT2D eigenvalue weighted by atomic mass is 10.2. The normalized spacial score (nSPS) is 15.9. The van der Waals surface area contributed by atoms with Gasteiger partial charge in [0.2, 0.25) is 10.0 Å². The van der Waals surface area contributed by atoms with Crippen molar-refractivity contribution in [3.63, 3.8) is 0 Å². The molecule has 146 valence electrons. The lowest BCUT2D eigenvalue weighted by Crippen LogP contribution is -2.34. The quantitative estimate of drug-likeness (QED) is 0.554. The van der Waals surface area contributed by atoms with Crippen LogP contribution in [0.25, 0.3) is 26.4 Å². The van der Waals surface area contributed by atoms with Crippen LogP contribution in [-0.4, -0.2) is 34.1 Å². The van der Waals surface area contributed by atoms with Gasteiger partial charge in [-0.25, -0.2) is 23.8 Å². The molecular weight excluding hydrogens is 478 g/mol. The number of aryl methyl sites for hydroxylation is 1. The maximum Gasteiger partial charge on any atom is 0.299 e. The number of rotatable bonds is 5. The standard InChI is InChI=1S/C15H11BrF2N6O2S2/c1-19-15(3-4-15)23-28(25,26)7-5-8-10(13-20-21-14(27-13)12(17)18)22-24(2)11(8)9(16)6-7/h5-6,12,23H,3-4H2,2H3. The van der Waals surface area contributed by atoms with E-state index in [9.17, 15) is 17.2 Å². The van der Waals surface area contributed by atoms with E-state index < -0.39 is 27.1 Å². The average Bonchev–Trinajstić information content (AvgIpc) is 3.07. The zero-order chi connectivity index (χ0) is 20.3. The smallest absolute Gasteiger partial charge is 0.292 e. The highest BCUT2D eigenvalue weighted by Gasteiger charge is 2.54. The predicted octanol–water partition coefficient (Wildman–Crippen LogP) is 3.48. The van der Waals surface area contributed by atoms with Crippen LogP contribution in [-0.2, 0) is 17.1 Å². The average molecular weight is 489 g/mol. The summed E-state index contributed by atoms with van der Waals surface area (Å²) >= 11 is 4.05. The number of nitrogens with zero attached hydrogens (tertiary/aromatic N) is 5. The number of hydrogen-bond acceptors (Lipinski definition) is 6. The van der Waals surface area contributed by atoms with Crippen LogP contribution in [0.1, 0.15) is 24.3 Å². The van der Waals surface area contributed by atoms with E-state index in [2.05, 4.69) is 40.8 Å². The lowest BCUT2D eigenvalue weighted by molar-refractivity contribution is 0.150. The molecule has 13 heteroatoms. The number of sulfonamides is 1. The van der Waals surface area contributed by atoms with Crippen molar-refractivity contribution >= 4 is 48.2 Å². The maximum absolute atomic E-state index is 12.9. The Morgan fingerprint density at radius 3 is 2.68 bits per heavy atom. The van der Waals surface area contributed by atoms with E-state index in [0.29, 0.717) is 39.6 Å². The number of halogens is 3. The summed E-state index contributed by atoms with van der Waals surface area (Å²) in [4.78, 5) is 3.30. The predicted molar refractivity (Wildman–Crippen MR) is 101 cm³/mol. The van der Waals surface area contributed by atoms with Crippen LogP contribution in [0.3, 0.4) is 0 Å². The first-order valence-electron chi connectivity index (χ1n) is 7.86. The molecule has 0 spiro atoms. The Hall–Kier alpha value is -2.01. The summed E-state index contributed by atoms with van der Waals surface area (Å²) < 4.78 is 55.6. The van der Waals surface area contributed by atoms with Crippen LogP contribution in [0.2, 0.25) is 0 Å². The summed E-state index contributed by atoms with van der Waals surface area (Å²) in [5, 5.41) is 11.7. The van der Waals surface area contributed by atoms with Crippen molar-refractivity contribution in [2.45, 2.75) is 29.8 Å². The van der Waals surface area contributed by atoms with Crippen molar-refractivity contribution in [1.29, 1.82) is 0 Å². The second-order valence-electron chi connectivity index (χ2n) is 6.27. The van der Waals surface area contributed by atoms with E-state index in [0.717, 1.165) is 0 Å². The van der Waals surface area contributed by atoms with Crippen molar-refractivity contribution in [1.82, 2.24) is 24.7 Å². The largest absolute Gasteiger partial charge is 0.299 e. The Balaban J connectivity index is 1.86. The number of nitrogens with one attached hydrogen (secondary N) is 1. The van der Waals surface area contributed by atoms with Gasteiger partial charge in [-0.3, -0.25) is 9.53 Å². The molecule has 0 atom stereocenters. The van der Waals surface area contributed by atoms with Gasteiger partial charge >= 0.3 is 0 Å². The van der Waals surface area contributed by atoms with E-state index in [1.807, 2.05) is 0 Å². The van der Waals surface area contributed by atoms with E-state index in [-0.39, 0.29) is 15.6 Å². The van der Waals surface area contributed by atoms with Crippen molar-refractivity contribution in [2.24, 2.45) is 7.05 Å². The lowest BCUT2D eigenvalue weighted by Gasteiger charge is -2.09. The minimum Gasteiger partial charge on any atom is -0.292 e. The molecule has 1 aliphatic carbocycles. The van der Waals surface area contributed by atoms with E-state index in [1.165, 1.54) is 16.8 Å². The zero-order valence-corrected chi connectivity index (χ0v) is 17.4. The molecule has 1 N–H and O–H groups in total. The molecule has 1 aromatic carbocycles. The molecule has 1 aliphatic rings. The van der Waals surface area contributed by atoms with Crippen LogP contribution >= 0.6 is 27.3 Å².